The number of allylic oxidation sites excluding steroid dienone is 3. The first-order valence-electron chi connectivity index (χ1n) is 14.8. The Kier molecular flexibility index (Phi) is 12.0. The van der Waals surface area contributed by atoms with Gasteiger partial charge in [0, 0.05) is 19.3 Å². The molecule has 1 saturated heterocycles. The van der Waals surface area contributed by atoms with E-state index >= 15 is 0 Å². The van der Waals surface area contributed by atoms with Gasteiger partial charge in [0.15, 0.2) is 0 Å². The normalized spacial score (nSPS) is 35.4. The minimum absolute atomic E-state index is 0.0294. The van der Waals surface area contributed by atoms with Crippen molar-refractivity contribution in [2.45, 2.75) is 131 Å². The molecule has 2 rings (SSSR count). The number of rotatable bonds is 9. The highest BCUT2D eigenvalue weighted by Crippen LogP contribution is 2.41. The summed E-state index contributed by atoms with van der Waals surface area (Å²) in [5.74, 6) is 0.391. The molecule has 1 N–H and O–H groups in total. The summed E-state index contributed by atoms with van der Waals surface area (Å²) in [6.45, 7) is 20.2. The van der Waals surface area contributed by atoms with Crippen molar-refractivity contribution in [2.75, 3.05) is 0 Å². The molecule has 9 atom stereocenters. The molecule has 2 heterocycles. The fourth-order valence-corrected chi connectivity index (χ4v) is 5.42. The second-order valence-corrected chi connectivity index (χ2v) is 13.2. The minimum Gasteiger partial charge on any atom is -0.457 e. The van der Waals surface area contributed by atoms with Crippen LogP contribution in [0.2, 0.25) is 0 Å². The second-order valence-electron chi connectivity index (χ2n) is 13.2. The van der Waals surface area contributed by atoms with E-state index in [4.69, 9.17) is 14.2 Å². The molecule has 0 aliphatic carbocycles. The van der Waals surface area contributed by atoms with Crippen LogP contribution in [0.4, 0.5) is 0 Å². The van der Waals surface area contributed by atoms with Crippen LogP contribution >= 0.6 is 0 Å². The molecule has 9 unspecified atom stereocenters. The lowest BCUT2D eigenvalue weighted by atomic mass is 9.83. The molecule has 39 heavy (non-hydrogen) atoms. The van der Waals surface area contributed by atoms with Crippen LogP contribution in [0.3, 0.4) is 0 Å². The van der Waals surface area contributed by atoms with Crippen LogP contribution in [-0.4, -0.2) is 47.1 Å². The fourth-order valence-electron chi connectivity index (χ4n) is 5.42. The summed E-state index contributed by atoms with van der Waals surface area (Å²) in [5, 5.41) is 11.1. The molecular formula is C33H54O6. The third kappa shape index (κ3) is 10.5. The Balaban J connectivity index is 2.18. The molecule has 0 radical (unpaired) electrons. The van der Waals surface area contributed by atoms with E-state index in [1.54, 1.807) is 13.0 Å². The van der Waals surface area contributed by atoms with Crippen molar-refractivity contribution in [3.63, 3.8) is 0 Å². The van der Waals surface area contributed by atoms with E-state index in [0.29, 0.717) is 36.9 Å². The van der Waals surface area contributed by atoms with Gasteiger partial charge in [0.25, 0.3) is 0 Å². The topological polar surface area (TPSA) is 85.4 Å². The standard InChI is InChI=1S/C33H54O6/c1-11-22(3)25(6)31-27(38-31)20-32(8,9)17-12-13-23(4)30-24(5)14-15-28(37-26(7)34)33(10,36)18-16-21(2)19-29(35)39-30/h12-15,17,21-22,24-25,27-28,30-31,36H,11,16,18-20H2,1-10H3/b15-14+,17-12+,23-13+. The average molecular weight is 547 g/mol. The van der Waals surface area contributed by atoms with Crippen molar-refractivity contribution in [3.05, 3.63) is 36.0 Å². The summed E-state index contributed by atoms with van der Waals surface area (Å²) in [4.78, 5) is 24.6. The van der Waals surface area contributed by atoms with Crippen LogP contribution in [0.1, 0.15) is 101 Å². The van der Waals surface area contributed by atoms with Crippen LogP contribution in [0, 0.1) is 29.1 Å². The lowest BCUT2D eigenvalue weighted by molar-refractivity contribution is -0.156. The second kappa shape index (κ2) is 14.1. The summed E-state index contributed by atoms with van der Waals surface area (Å²) >= 11 is 0. The van der Waals surface area contributed by atoms with Crippen LogP contribution < -0.4 is 0 Å². The van der Waals surface area contributed by atoms with Gasteiger partial charge in [0.05, 0.1) is 12.2 Å². The zero-order valence-corrected chi connectivity index (χ0v) is 26.0. The van der Waals surface area contributed by atoms with Gasteiger partial charge < -0.3 is 19.3 Å². The van der Waals surface area contributed by atoms with Crippen molar-refractivity contribution in [2.24, 2.45) is 29.1 Å². The predicted octanol–water partition coefficient (Wildman–Crippen LogP) is 6.96. The van der Waals surface area contributed by atoms with Crippen LogP contribution in [0.25, 0.3) is 0 Å². The molecule has 1 fully saturated rings. The van der Waals surface area contributed by atoms with Crippen molar-refractivity contribution in [3.8, 4) is 0 Å². The van der Waals surface area contributed by atoms with Crippen LogP contribution in [0.5, 0.6) is 0 Å². The molecule has 6 nitrogen and oxygen atoms in total. The average Bonchev–Trinajstić information content (AvgIpc) is 3.59. The molecule has 2 aliphatic heterocycles. The van der Waals surface area contributed by atoms with Crippen molar-refractivity contribution < 1.29 is 28.9 Å². The molecule has 0 saturated carbocycles. The predicted molar refractivity (Wildman–Crippen MR) is 156 cm³/mol. The highest BCUT2D eigenvalue weighted by atomic mass is 16.6. The van der Waals surface area contributed by atoms with Crippen LogP contribution in [0.15, 0.2) is 36.0 Å². The van der Waals surface area contributed by atoms with E-state index in [9.17, 15) is 14.7 Å². The number of esters is 2. The largest absolute Gasteiger partial charge is 0.457 e. The molecule has 0 spiro atoms. The van der Waals surface area contributed by atoms with Gasteiger partial charge in [-0.05, 0) is 67.9 Å². The number of hydrogen-bond donors (Lipinski definition) is 1. The number of carbonyl (C=O) groups is 2. The minimum atomic E-state index is -1.23. The summed E-state index contributed by atoms with van der Waals surface area (Å²) in [6, 6.07) is 0. The lowest BCUT2D eigenvalue weighted by Crippen LogP contribution is -2.41. The Morgan fingerprint density at radius 1 is 1.26 bits per heavy atom. The number of cyclic esters (lactones) is 1. The Morgan fingerprint density at radius 3 is 2.54 bits per heavy atom. The summed E-state index contributed by atoms with van der Waals surface area (Å²) in [5.41, 5.74) is -0.331. The zero-order valence-electron chi connectivity index (χ0n) is 26.0. The molecular weight excluding hydrogens is 492 g/mol. The highest BCUT2D eigenvalue weighted by Gasteiger charge is 2.46. The first-order valence-corrected chi connectivity index (χ1v) is 14.8. The fraction of sp³-hybridized carbons (Fsp3) is 0.758. The quantitative estimate of drug-likeness (QED) is 0.146. The van der Waals surface area contributed by atoms with Gasteiger partial charge in [0.2, 0.25) is 0 Å². The van der Waals surface area contributed by atoms with Crippen molar-refractivity contribution in [1.29, 1.82) is 0 Å². The van der Waals surface area contributed by atoms with Gasteiger partial charge in [-0.25, -0.2) is 0 Å². The Hall–Kier alpha value is -1.92. The summed E-state index contributed by atoms with van der Waals surface area (Å²) in [6.07, 6.45) is 12.7. The van der Waals surface area contributed by atoms with Gasteiger partial charge in [-0.2, -0.15) is 0 Å². The van der Waals surface area contributed by atoms with Gasteiger partial charge in [0.1, 0.15) is 17.8 Å². The van der Waals surface area contributed by atoms with Gasteiger partial charge in [-0.1, -0.05) is 79.2 Å². The van der Waals surface area contributed by atoms with E-state index in [2.05, 4.69) is 46.8 Å². The van der Waals surface area contributed by atoms with Crippen molar-refractivity contribution in [1.82, 2.24) is 0 Å². The first kappa shape index (κ1) is 33.3. The highest BCUT2D eigenvalue weighted by molar-refractivity contribution is 5.70. The monoisotopic (exact) mass is 546 g/mol. The first-order chi connectivity index (χ1) is 18.1. The van der Waals surface area contributed by atoms with Crippen molar-refractivity contribution >= 4 is 11.9 Å². The summed E-state index contributed by atoms with van der Waals surface area (Å²) in [7, 11) is 0. The van der Waals surface area contributed by atoms with Gasteiger partial charge in [-0.15, -0.1) is 0 Å². The molecule has 2 aliphatic rings. The molecule has 0 aromatic heterocycles. The van der Waals surface area contributed by atoms with E-state index in [-0.39, 0.29) is 29.6 Å². The van der Waals surface area contributed by atoms with E-state index < -0.39 is 23.8 Å². The molecule has 0 aromatic carbocycles. The van der Waals surface area contributed by atoms with Crippen LogP contribution in [-0.2, 0) is 23.8 Å². The number of ether oxygens (including phenoxy) is 3. The lowest BCUT2D eigenvalue weighted by Gasteiger charge is -2.32. The molecule has 6 heteroatoms. The zero-order chi connectivity index (χ0) is 29.5. The third-order valence-electron chi connectivity index (χ3n) is 8.65. The van der Waals surface area contributed by atoms with E-state index in [1.165, 1.54) is 13.3 Å². The molecule has 0 aromatic rings. The van der Waals surface area contributed by atoms with Gasteiger partial charge in [-0.3, -0.25) is 9.59 Å². The van der Waals surface area contributed by atoms with E-state index in [0.717, 1.165) is 12.0 Å². The maximum atomic E-state index is 12.8. The molecule has 222 valence electrons. The Labute approximate surface area is 237 Å². The number of epoxide rings is 1. The molecule has 0 bridgehead atoms. The Bertz CT molecular complexity index is 913. The number of hydrogen-bond acceptors (Lipinski definition) is 6. The third-order valence-corrected chi connectivity index (χ3v) is 8.65. The Morgan fingerprint density at radius 2 is 1.92 bits per heavy atom. The maximum absolute atomic E-state index is 12.8. The maximum Gasteiger partial charge on any atom is 0.306 e. The number of aliphatic hydroxyl groups is 1. The summed E-state index contributed by atoms with van der Waals surface area (Å²) < 4.78 is 17.5. The SMILES string of the molecule is CCC(C)C(C)C1OC1CC(C)(C)/C=C/C=C(\C)C1OC(=O)CC(C)CCC(C)(O)C(OC(C)=O)/C=C/C1C. The van der Waals surface area contributed by atoms with E-state index in [1.807, 2.05) is 32.9 Å². The molecule has 0 amide bonds. The van der Waals surface area contributed by atoms with Gasteiger partial charge >= 0.3 is 11.9 Å². The number of carbonyl (C=O) groups excluding carboxylic acids is 2. The smallest absolute Gasteiger partial charge is 0.306 e.